The number of pyridine rings is 2. The summed E-state index contributed by atoms with van der Waals surface area (Å²) in [5.41, 5.74) is 0.885. The van der Waals surface area contributed by atoms with Gasteiger partial charge in [-0.25, -0.2) is 4.98 Å². The lowest BCUT2D eigenvalue weighted by molar-refractivity contribution is -0.385. The van der Waals surface area contributed by atoms with Crippen LogP contribution >= 0.6 is 11.6 Å². The van der Waals surface area contributed by atoms with Crippen molar-refractivity contribution in [3.8, 4) is 0 Å². The third-order valence-electron chi connectivity index (χ3n) is 2.25. The minimum absolute atomic E-state index is 0.130. The molecule has 0 saturated carbocycles. The van der Waals surface area contributed by atoms with Crippen molar-refractivity contribution in [2.45, 2.75) is 6.54 Å². The Bertz CT molecular complexity index is 562. The second kappa shape index (κ2) is 5.42. The van der Waals surface area contributed by atoms with Crippen molar-refractivity contribution >= 4 is 23.1 Å². The molecule has 0 saturated heterocycles. The van der Waals surface area contributed by atoms with E-state index >= 15 is 0 Å². The highest BCUT2D eigenvalue weighted by atomic mass is 35.5. The highest BCUT2D eigenvalue weighted by Gasteiger charge is 2.10. The van der Waals surface area contributed by atoms with Crippen LogP contribution in [0.1, 0.15) is 5.56 Å². The van der Waals surface area contributed by atoms with Gasteiger partial charge in [-0.2, -0.15) is 0 Å². The van der Waals surface area contributed by atoms with Gasteiger partial charge in [0.25, 0.3) is 5.69 Å². The zero-order valence-corrected chi connectivity index (χ0v) is 9.96. The van der Waals surface area contributed by atoms with Crippen LogP contribution in [0.5, 0.6) is 0 Å². The summed E-state index contributed by atoms with van der Waals surface area (Å²) in [6, 6.07) is 4.97. The summed E-state index contributed by atoms with van der Waals surface area (Å²) in [4.78, 5) is 17.8. The van der Waals surface area contributed by atoms with Crippen LogP contribution in [-0.4, -0.2) is 14.9 Å². The molecule has 0 spiro atoms. The van der Waals surface area contributed by atoms with E-state index in [1.165, 1.54) is 12.3 Å². The van der Waals surface area contributed by atoms with Crippen LogP contribution < -0.4 is 5.32 Å². The van der Waals surface area contributed by atoms with Crippen molar-refractivity contribution < 1.29 is 4.92 Å². The molecule has 7 heteroatoms. The SMILES string of the molecule is O=[N+]([O-])c1cnc(NCc2ccncc2)c(Cl)c1. The molecule has 0 aliphatic carbocycles. The van der Waals surface area contributed by atoms with Crippen molar-refractivity contribution in [2.75, 3.05) is 5.32 Å². The average molecular weight is 265 g/mol. The van der Waals surface area contributed by atoms with E-state index in [2.05, 4.69) is 15.3 Å². The number of nitrogens with one attached hydrogen (secondary N) is 1. The molecule has 0 atom stereocenters. The normalized spacial score (nSPS) is 10.1. The zero-order chi connectivity index (χ0) is 13.0. The first-order valence-corrected chi connectivity index (χ1v) is 5.47. The highest BCUT2D eigenvalue weighted by Crippen LogP contribution is 2.24. The van der Waals surface area contributed by atoms with E-state index < -0.39 is 4.92 Å². The van der Waals surface area contributed by atoms with Gasteiger partial charge in [0.05, 0.1) is 9.95 Å². The van der Waals surface area contributed by atoms with Crippen molar-refractivity contribution in [1.82, 2.24) is 9.97 Å². The second-order valence-corrected chi connectivity index (χ2v) is 3.90. The van der Waals surface area contributed by atoms with Crippen LogP contribution in [0.25, 0.3) is 0 Å². The first-order valence-electron chi connectivity index (χ1n) is 5.09. The lowest BCUT2D eigenvalue weighted by Gasteiger charge is -2.06. The van der Waals surface area contributed by atoms with Crippen molar-refractivity contribution in [2.24, 2.45) is 0 Å². The number of nitrogens with zero attached hydrogens (tertiary/aromatic N) is 3. The summed E-state index contributed by atoms with van der Waals surface area (Å²) < 4.78 is 0. The number of anilines is 1. The second-order valence-electron chi connectivity index (χ2n) is 3.49. The van der Waals surface area contributed by atoms with Crippen LogP contribution in [0.4, 0.5) is 11.5 Å². The first kappa shape index (κ1) is 12.3. The smallest absolute Gasteiger partial charge is 0.289 e. The van der Waals surface area contributed by atoms with Crippen LogP contribution in [0.2, 0.25) is 5.02 Å². The molecular formula is C11H9ClN4O2. The van der Waals surface area contributed by atoms with Gasteiger partial charge in [-0.05, 0) is 17.7 Å². The van der Waals surface area contributed by atoms with Gasteiger partial charge in [-0.15, -0.1) is 0 Å². The summed E-state index contributed by atoms with van der Waals surface area (Å²) in [5.74, 6) is 0.416. The fourth-order valence-corrected chi connectivity index (χ4v) is 1.57. The Balaban J connectivity index is 2.08. The van der Waals surface area contributed by atoms with Crippen molar-refractivity contribution in [1.29, 1.82) is 0 Å². The Morgan fingerprint density at radius 1 is 1.39 bits per heavy atom. The maximum Gasteiger partial charge on any atom is 0.289 e. The standard InChI is InChI=1S/C11H9ClN4O2/c12-10-5-9(16(17)18)7-15-11(10)14-6-8-1-3-13-4-2-8/h1-5,7H,6H2,(H,14,15). The van der Waals surface area contributed by atoms with E-state index in [9.17, 15) is 10.1 Å². The van der Waals surface area contributed by atoms with Gasteiger partial charge in [0, 0.05) is 25.0 Å². The maximum absolute atomic E-state index is 10.5. The molecule has 0 fully saturated rings. The van der Waals surface area contributed by atoms with Gasteiger partial charge >= 0.3 is 0 Å². The maximum atomic E-state index is 10.5. The number of halogens is 1. The Morgan fingerprint density at radius 2 is 2.11 bits per heavy atom. The molecule has 0 aliphatic rings. The van der Waals surface area contributed by atoms with Gasteiger partial charge in [-0.3, -0.25) is 15.1 Å². The predicted molar refractivity (Wildman–Crippen MR) is 67.5 cm³/mol. The quantitative estimate of drug-likeness (QED) is 0.678. The Labute approximate surface area is 108 Å². The fraction of sp³-hybridized carbons (Fsp3) is 0.0909. The van der Waals surface area contributed by atoms with Crippen LogP contribution in [0.3, 0.4) is 0 Å². The molecular weight excluding hydrogens is 256 g/mol. The molecule has 0 bridgehead atoms. The number of aromatic nitrogens is 2. The molecule has 2 aromatic heterocycles. The summed E-state index contributed by atoms with van der Waals surface area (Å²) >= 11 is 5.90. The van der Waals surface area contributed by atoms with Crippen LogP contribution in [-0.2, 0) is 6.54 Å². The largest absolute Gasteiger partial charge is 0.365 e. The number of rotatable bonds is 4. The monoisotopic (exact) mass is 264 g/mol. The van der Waals surface area contributed by atoms with Crippen molar-refractivity contribution in [3.05, 3.63) is 57.5 Å². The third kappa shape index (κ3) is 2.92. The zero-order valence-electron chi connectivity index (χ0n) is 9.21. The van der Waals surface area contributed by atoms with Gasteiger partial charge in [0.1, 0.15) is 12.0 Å². The minimum atomic E-state index is -0.536. The lowest BCUT2D eigenvalue weighted by Crippen LogP contribution is -2.02. The average Bonchev–Trinajstić information content (AvgIpc) is 2.38. The van der Waals surface area contributed by atoms with E-state index in [1.807, 2.05) is 12.1 Å². The lowest BCUT2D eigenvalue weighted by atomic mass is 10.3. The minimum Gasteiger partial charge on any atom is -0.365 e. The van der Waals surface area contributed by atoms with Crippen LogP contribution in [0, 0.1) is 10.1 Å². The molecule has 2 aromatic rings. The summed E-state index contributed by atoms with van der Waals surface area (Å²) in [6.45, 7) is 0.521. The third-order valence-corrected chi connectivity index (χ3v) is 2.53. The van der Waals surface area contributed by atoms with Gasteiger partial charge in [0.15, 0.2) is 0 Å². The molecule has 0 amide bonds. The highest BCUT2D eigenvalue weighted by molar-refractivity contribution is 6.33. The summed E-state index contributed by atoms with van der Waals surface area (Å²) in [6.07, 6.45) is 4.53. The van der Waals surface area contributed by atoms with Crippen molar-refractivity contribution in [3.63, 3.8) is 0 Å². The Hall–Kier alpha value is -2.21. The first-order chi connectivity index (χ1) is 8.66. The molecule has 0 unspecified atom stereocenters. The van der Waals surface area contributed by atoms with E-state index in [0.29, 0.717) is 12.4 Å². The van der Waals surface area contributed by atoms with Gasteiger partial charge in [-0.1, -0.05) is 11.6 Å². The predicted octanol–water partition coefficient (Wildman–Crippen LogP) is 2.65. The fourth-order valence-electron chi connectivity index (χ4n) is 1.34. The van der Waals surface area contributed by atoms with Gasteiger partial charge < -0.3 is 5.32 Å². The molecule has 92 valence electrons. The Kier molecular flexibility index (Phi) is 3.69. The van der Waals surface area contributed by atoms with Crippen LogP contribution in [0.15, 0.2) is 36.8 Å². The summed E-state index contributed by atoms with van der Waals surface area (Å²) in [5, 5.41) is 13.7. The van der Waals surface area contributed by atoms with Gasteiger partial charge in [0.2, 0.25) is 0 Å². The molecule has 6 nitrogen and oxygen atoms in total. The van der Waals surface area contributed by atoms with E-state index in [4.69, 9.17) is 11.6 Å². The number of hydrogen-bond acceptors (Lipinski definition) is 5. The van der Waals surface area contributed by atoms with E-state index in [-0.39, 0.29) is 10.7 Å². The number of hydrogen-bond donors (Lipinski definition) is 1. The molecule has 1 N–H and O–H groups in total. The molecule has 2 heterocycles. The topological polar surface area (TPSA) is 81.0 Å². The summed E-state index contributed by atoms with van der Waals surface area (Å²) in [7, 11) is 0. The molecule has 0 radical (unpaired) electrons. The number of nitro groups is 1. The molecule has 2 rings (SSSR count). The molecule has 0 aliphatic heterocycles. The van der Waals surface area contributed by atoms with E-state index in [0.717, 1.165) is 5.56 Å². The molecule has 0 aromatic carbocycles. The Morgan fingerprint density at radius 3 is 2.72 bits per heavy atom. The van der Waals surface area contributed by atoms with E-state index in [1.54, 1.807) is 12.4 Å². The molecule has 18 heavy (non-hydrogen) atoms.